The Bertz CT molecular complexity index is 547. The summed E-state index contributed by atoms with van der Waals surface area (Å²) in [6, 6.07) is 3.30. The molecule has 0 aliphatic carbocycles. The van der Waals surface area contributed by atoms with Gasteiger partial charge in [-0.3, -0.25) is 4.79 Å². The largest absolute Gasteiger partial charge is 0.376 e. The van der Waals surface area contributed by atoms with Gasteiger partial charge in [0.1, 0.15) is 5.82 Å². The van der Waals surface area contributed by atoms with Crippen LogP contribution < -0.4 is 16.0 Å². The Morgan fingerprint density at radius 3 is 2.86 bits per heavy atom. The summed E-state index contributed by atoms with van der Waals surface area (Å²) < 4.78 is 24.1. The number of benzene rings is 1. The number of anilines is 1. The molecule has 7 nitrogen and oxygen atoms in total. The van der Waals surface area contributed by atoms with Gasteiger partial charge in [-0.25, -0.2) is 9.18 Å². The molecule has 1 aromatic carbocycles. The number of carbonyl (C=O) groups excluding carboxylic acids is 2. The molecule has 3 amide bonds. The maximum Gasteiger partial charge on any atom is 0.319 e. The summed E-state index contributed by atoms with van der Waals surface area (Å²) >= 11 is 0. The van der Waals surface area contributed by atoms with Crippen LogP contribution in [0.4, 0.5) is 14.9 Å². The second-order valence-corrected chi connectivity index (χ2v) is 4.68. The van der Waals surface area contributed by atoms with Gasteiger partial charge in [0.25, 0.3) is 5.91 Å². The van der Waals surface area contributed by atoms with Crippen molar-refractivity contribution in [2.24, 2.45) is 0 Å². The van der Waals surface area contributed by atoms with Crippen LogP contribution in [0.2, 0.25) is 0 Å². The highest BCUT2D eigenvalue weighted by molar-refractivity contribution is 5.96. The lowest BCUT2D eigenvalue weighted by atomic mass is 10.1. The van der Waals surface area contributed by atoms with E-state index in [0.717, 1.165) is 6.07 Å². The number of ether oxygens (including phenoxy) is 2. The van der Waals surface area contributed by atoms with E-state index in [-0.39, 0.29) is 11.7 Å². The fraction of sp³-hybridized carbons (Fsp3) is 0.429. The van der Waals surface area contributed by atoms with E-state index >= 15 is 0 Å². The van der Waals surface area contributed by atoms with Crippen LogP contribution in [-0.4, -0.2) is 51.5 Å². The van der Waals surface area contributed by atoms with Crippen LogP contribution in [0, 0.1) is 5.82 Å². The number of hydrogen-bond donors (Lipinski definition) is 3. The normalized spacial score (nSPS) is 17.6. The van der Waals surface area contributed by atoms with E-state index in [1.54, 1.807) is 0 Å². The van der Waals surface area contributed by atoms with Crippen LogP contribution in [0.3, 0.4) is 0 Å². The summed E-state index contributed by atoms with van der Waals surface area (Å²) in [6.45, 7) is 1.79. The van der Waals surface area contributed by atoms with E-state index in [1.807, 2.05) is 0 Å². The maximum atomic E-state index is 13.5. The molecule has 3 N–H and O–H groups in total. The van der Waals surface area contributed by atoms with Crippen molar-refractivity contribution in [3.05, 3.63) is 29.6 Å². The molecule has 0 aromatic heterocycles. The first-order valence-corrected chi connectivity index (χ1v) is 6.86. The van der Waals surface area contributed by atoms with Gasteiger partial charge >= 0.3 is 6.03 Å². The monoisotopic (exact) mass is 311 g/mol. The second-order valence-electron chi connectivity index (χ2n) is 4.68. The molecule has 0 unspecified atom stereocenters. The predicted octanol–water partition coefficient (Wildman–Crippen LogP) is 0.722. The Kier molecular flexibility index (Phi) is 5.68. The van der Waals surface area contributed by atoms with Crippen molar-refractivity contribution in [2.75, 3.05) is 38.7 Å². The zero-order chi connectivity index (χ0) is 15.9. The third-order valence-electron chi connectivity index (χ3n) is 3.07. The van der Waals surface area contributed by atoms with Gasteiger partial charge in [0.2, 0.25) is 0 Å². The molecule has 0 spiro atoms. The molecule has 1 aliphatic heterocycles. The molecule has 1 atom stereocenters. The van der Waals surface area contributed by atoms with E-state index in [9.17, 15) is 14.0 Å². The fourth-order valence-corrected chi connectivity index (χ4v) is 1.95. The fourth-order valence-electron chi connectivity index (χ4n) is 1.95. The Balaban J connectivity index is 1.89. The molecule has 0 bridgehead atoms. The van der Waals surface area contributed by atoms with Gasteiger partial charge in [0.15, 0.2) is 0 Å². The minimum absolute atomic E-state index is 0.135. The number of rotatable bonds is 4. The van der Waals surface area contributed by atoms with Crippen LogP contribution in [0.5, 0.6) is 0 Å². The number of nitrogens with one attached hydrogen (secondary N) is 3. The van der Waals surface area contributed by atoms with E-state index in [2.05, 4.69) is 16.0 Å². The van der Waals surface area contributed by atoms with E-state index < -0.39 is 17.8 Å². The van der Waals surface area contributed by atoms with E-state index in [1.165, 1.54) is 19.2 Å². The summed E-state index contributed by atoms with van der Waals surface area (Å²) in [7, 11) is 1.40. The van der Waals surface area contributed by atoms with E-state index in [0.29, 0.717) is 32.1 Å². The zero-order valence-electron chi connectivity index (χ0n) is 12.1. The zero-order valence-corrected chi connectivity index (χ0v) is 12.1. The number of urea groups is 1. The lowest BCUT2D eigenvalue weighted by Gasteiger charge is -2.23. The van der Waals surface area contributed by atoms with Crippen LogP contribution in [0.25, 0.3) is 0 Å². The van der Waals surface area contributed by atoms with Crippen molar-refractivity contribution in [1.29, 1.82) is 0 Å². The maximum absolute atomic E-state index is 13.5. The van der Waals surface area contributed by atoms with Crippen LogP contribution in [0.1, 0.15) is 10.4 Å². The molecule has 1 saturated heterocycles. The van der Waals surface area contributed by atoms with E-state index in [4.69, 9.17) is 9.47 Å². The quantitative estimate of drug-likeness (QED) is 0.764. The summed E-state index contributed by atoms with van der Waals surface area (Å²) in [6.07, 6.45) is -0.186. The van der Waals surface area contributed by atoms with Gasteiger partial charge in [-0.15, -0.1) is 0 Å². The first kappa shape index (κ1) is 16.2. The number of halogens is 1. The molecule has 22 heavy (non-hydrogen) atoms. The molecule has 0 saturated carbocycles. The van der Waals surface area contributed by atoms with Crippen LogP contribution in [0.15, 0.2) is 18.2 Å². The van der Waals surface area contributed by atoms with Gasteiger partial charge in [-0.1, -0.05) is 0 Å². The Morgan fingerprint density at radius 1 is 1.36 bits per heavy atom. The molecule has 2 rings (SSSR count). The SMILES string of the molecule is CNC(=O)c1cc(NC(=O)NC[C@H]2COCCO2)ccc1F. The molecule has 1 fully saturated rings. The topological polar surface area (TPSA) is 88.7 Å². The average molecular weight is 311 g/mol. The standard InChI is InChI=1S/C14H18FN3O4/c1-16-13(19)11-6-9(2-3-12(11)15)18-14(20)17-7-10-8-21-4-5-22-10/h2-3,6,10H,4-5,7-8H2,1H3,(H,16,19)(H2,17,18,20)/t10-/m0/s1. The molecule has 1 heterocycles. The third kappa shape index (κ3) is 4.40. The number of hydrogen-bond acceptors (Lipinski definition) is 4. The highest BCUT2D eigenvalue weighted by Gasteiger charge is 2.16. The lowest BCUT2D eigenvalue weighted by Crippen LogP contribution is -2.41. The molecule has 1 aliphatic rings. The van der Waals surface area contributed by atoms with Gasteiger partial charge in [-0.05, 0) is 18.2 Å². The molecule has 1 aromatic rings. The second kappa shape index (κ2) is 7.71. The lowest BCUT2D eigenvalue weighted by molar-refractivity contribution is -0.0852. The minimum Gasteiger partial charge on any atom is -0.376 e. The first-order valence-electron chi connectivity index (χ1n) is 6.86. The molecular formula is C14H18FN3O4. The Hall–Kier alpha value is -2.19. The van der Waals surface area contributed by atoms with Crippen molar-refractivity contribution in [3.8, 4) is 0 Å². The average Bonchev–Trinajstić information content (AvgIpc) is 2.55. The molecule has 0 radical (unpaired) electrons. The smallest absolute Gasteiger partial charge is 0.319 e. The minimum atomic E-state index is -0.655. The predicted molar refractivity (Wildman–Crippen MR) is 77.4 cm³/mol. The summed E-state index contributed by atoms with van der Waals surface area (Å²) in [4.78, 5) is 23.3. The highest BCUT2D eigenvalue weighted by atomic mass is 19.1. The summed E-state index contributed by atoms with van der Waals surface area (Å²) in [5.41, 5.74) is 0.183. The number of amides is 3. The van der Waals surface area contributed by atoms with Gasteiger partial charge in [-0.2, -0.15) is 0 Å². The molecule has 8 heteroatoms. The third-order valence-corrected chi connectivity index (χ3v) is 3.07. The highest BCUT2D eigenvalue weighted by Crippen LogP contribution is 2.14. The van der Waals surface area contributed by atoms with Crippen LogP contribution >= 0.6 is 0 Å². The molecule has 120 valence electrons. The Labute approximate surface area is 127 Å². The van der Waals surface area contributed by atoms with Crippen molar-refractivity contribution in [2.45, 2.75) is 6.10 Å². The van der Waals surface area contributed by atoms with Crippen LogP contribution in [-0.2, 0) is 9.47 Å². The van der Waals surface area contributed by atoms with Gasteiger partial charge < -0.3 is 25.4 Å². The van der Waals surface area contributed by atoms with Crippen molar-refractivity contribution in [1.82, 2.24) is 10.6 Å². The number of carbonyl (C=O) groups is 2. The molecular weight excluding hydrogens is 293 g/mol. The van der Waals surface area contributed by atoms with Crippen molar-refractivity contribution in [3.63, 3.8) is 0 Å². The Morgan fingerprint density at radius 2 is 2.18 bits per heavy atom. The van der Waals surface area contributed by atoms with Crippen molar-refractivity contribution < 1.29 is 23.5 Å². The van der Waals surface area contributed by atoms with Gasteiger partial charge in [0, 0.05) is 19.3 Å². The van der Waals surface area contributed by atoms with Crippen molar-refractivity contribution >= 4 is 17.6 Å². The summed E-state index contributed by atoms with van der Waals surface area (Å²) in [5, 5.41) is 7.50. The van der Waals surface area contributed by atoms with Gasteiger partial charge in [0.05, 0.1) is 31.5 Å². The first-order chi connectivity index (χ1) is 10.6. The summed E-state index contributed by atoms with van der Waals surface area (Å²) in [5.74, 6) is -1.22.